The maximum atomic E-state index is 6.17. The predicted molar refractivity (Wildman–Crippen MR) is 83.0 cm³/mol. The Morgan fingerprint density at radius 3 is 3.05 bits per heavy atom. The Bertz CT molecular complexity index is 606. The van der Waals surface area contributed by atoms with Gasteiger partial charge >= 0.3 is 0 Å². The van der Waals surface area contributed by atoms with Crippen LogP contribution in [0.15, 0.2) is 18.6 Å². The molecule has 1 atom stereocenters. The molecule has 1 unspecified atom stereocenters. The topological polar surface area (TPSA) is 79.7 Å². The number of hydrogen-bond acceptors (Lipinski definition) is 6. The summed E-state index contributed by atoms with van der Waals surface area (Å²) in [4.78, 5) is 8.63. The number of halogens is 1. The lowest BCUT2D eigenvalue weighted by Crippen LogP contribution is -2.38. The van der Waals surface area contributed by atoms with Crippen LogP contribution >= 0.6 is 11.6 Å². The summed E-state index contributed by atoms with van der Waals surface area (Å²) in [6.45, 7) is 2.00. The standard InChI is InChI=1S/C13H18ClN7/c1-21-8-10(6-17-21)19-13-16-7-11(14)12(20-13)18-9-3-2-4-15-5-9/h6-9,15H,2-5H2,1H3,(H2,16,18,19,20). The van der Waals surface area contributed by atoms with Crippen molar-refractivity contribution >= 4 is 29.1 Å². The van der Waals surface area contributed by atoms with E-state index in [1.807, 2.05) is 13.2 Å². The average molecular weight is 308 g/mol. The third-order valence-electron chi connectivity index (χ3n) is 3.34. The molecule has 1 aliphatic heterocycles. The first-order valence-corrected chi connectivity index (χ1v) is 7.34. The third-order valence-corrected chi connectivity index (χ3v) is 3.62. The molecule has 0 aromatic carbocycles. The Morgan fingerprint density at radius 1 is 1.43 bits per heavy atom. The van der Waals surface area contributed by atoms with Crippen molar-refractivity contribution in [3.63, 3.8) is 0 Å². The van der Waals surface area contributed by atoms with Gasteiger partial charge in [0.1, 0.15) is 5.02 Å². The number of piperidine rings is 1. The molecule has 0 spiro atoms. The Balaban J connectivity index is 1.72. The van der Waals surface area contributed by atoms with Crippen LogP contribution in [0.1, 0.15) is 12.8 Å². The summed E-state index contributed by atoms with van der Waals surface area (Å²) in [5, 5.41) is 14.5. The van der Waals surface area contributed by atoms with Crippen LogP contribution in [-0.4, -0.2) is 38.9 Å². The molecule has 3 N–H and O–H groups in total. The monoisotopic (exact) mass is 307 g/mol. The van der Waals surface area contributed by atoms with Crippen molar-refractivity contribution in [3.8, 4) is 0 Å². The molecule has 1 aliphatic rings. The summed E-state index contributed by atoms with van der Waals surface area (Å²) in [6.07, 6.45) is 7.44. The number of nitrogens with one attached hydrogen (secondary N) is 3. The van der Waals surface area contributed by atoms with Gasteiger partial charge in [0, 0.05) is 25.8 Å². The largest absolute Gasteiger partial charge is 0.365 e. The van der Waals surface area contributed by atoms with E-state index in [1.54, 1.807) is 17.1 Å². The number of anilines is 3. The second kappa shape index (κ2) is 6.28. The van der Waals surface area contributed by atoms with Gasteiger partial charge in [-0.3, -0.25) is 4.68 Å². The van der Waals surface area contributed by atoms with Crippen molar-refractivity contribution in [2.75, 3.05) is 23.7 Å². The first-order valence-electron chi connectivity index (χ1n) is 6.96. The average Bonchev–Trinajstić information content (AvgIpc) is 2.89. The van der Waals surface area contributed by atoms with Crippen molar-refractivity contribution in [1.82, 2.24) is 25.1 Å². The zero-order valence-corrected chi connectivity index (χ0v) is 12.6. The summed E-state index contributed by atoms with van der Waals surface area (Å²) in [7, 11) is 1.86. The van der Waals surface area contributed by atoms with Crippen molar-refractivity contribution in [1.29, 1.82) is 0 Å². The highest BCUT2D eigenvalue weighted by molar-refractivity contribution is 6.32. The summed E-state index contributed by atoms with van der Waals surface area (Å²) in [5.41, 5.74) is 0.838. The van der Waals surface area contributed by atoms with Crippen LogP contribution in [0.3, 0.4) is 0 Å². The van der Waals surface area contributed by atoms with Gasteiger partial charge in [0.15, 0.2) is 5.82 Å². The van der Waals surface area contributed by atoms with Gasteiger partial charge in [0.25, 0.3) is 0 Å². The minimum absolute atomic E-state index is 0.345. The van der Waals surface area contributed by atoms with Crippen molar-refractivity contribution in [2.24, 2.45) is 7.05 Å². The van der Waals surface area contributed by atoms with Gasteiger partial charge in [-0.1, -0.05) is 11.6 Å². The van der Waals surface area contributed by atoms with Crippen LogP contribution in [0.5, 0.6) is 0 Å². The molecule has 112 valence electrons. The molecule has 8 heteroatoms. The van der Waals surface area contributed by atoms with E-state index in [0.717, 1.165) is 31.6 Å². The summed E-state index contributed by atoms with van der Waals surface area (Å²) in [6, 6.07) is 0.345. The molecule has 3 rings (SSSR count). The van der Waals surface area contributed by atoms with E-state index in [9.17, 15) is 0 Å². The maximum absolute atomic E-state index is 6.17. The van der Waals surface area contributed by atoms with E-state index in [1.165, 1.54) is 0 Å². The SMILES string of the molecule is Cn1cc(Nc2ncc(Cl)c(NC3CCCNC3)n2)cn1. The fourth-order valence-electron chi connectivity index (χ4n) is 2.31. The molecule has 0 amide bonds. The number of hydrogen-bond donors (Lipinski definition) is 3. The van der Waals surface area contributed by atoms with Gasteiger partial charge in [0.2, 0.25) is 5.95 Å². The molecule has 2 aromatic rings. The minimum Gasteiger partial charge on any atom is -0.365 e. The first-order chi connectivity index (χ1) is 10.2. The number of rotatable bonds is 4. The number of aromatic nitrogens is 4. The number of aryl methyl sites for hydroxylation is 1. The van der Waals surface area contributed by atoms with Crippen LogP contribution in [0, 0.1) is 0 Å². The second-order valence-electron chi connectivity index (χ2n) is 5.11. The fourth-order valence-corrected chi connectivity index (χ4v) is 2.46. The molecule has 1 saturated heterocycles. The minimum atomic E-state index is 0.345. The normalized spacial score (nSPS) is 18.5. The van der Waals surface area contributed by atoms with Crippen LogP contribution < -0.4 is 16.0 Å². The molecule has 3 heterocycles. The van der Waals surface area contributed by atoms with Gasteiger partial charge in [-0.2, -0.15) is 10.1 Å². The lowest BCUT2D eigenvalue weighted by molar-refractivity contribution is 0.479. The molecule has 0 aliphatic carbocycles. The van der Waals surface area contributed by atoms with Gasteiger partial charge < -0.3 is 16.0 Å². The van der Waals surface area contributed by atoms with Gasteiger partial charge in [-0.15, -0.1) is 0 Å². The Morgan fingerprint density at radius 2 is 2.33 bits per heavy atom. The molecular formula is C13H18ClN7. The highest BCUT2D eigenvalue weighted by Crippen LogP contribution is 2.22. The van der Waals surface area contributed by atoms with Crippen LogP contribution in [0.2, 0.25) is 5.02 Å². The first kappa shape index (κ1) is 14.1. The van der Waals surface area contributed by atoms with Crippen molar-refractivity contribution < 1.29 is 0 Å². The molecule has 0 radical (unpaired) electrons. The zero-order chi connectivity index (χ0) is 14.7. The van der Waals surface area contributed by atoms with Crippen LogP contribution in [0.25, 0.3) is 0 Å². The van der Waals surface area contributed by atoms with E-state index < -0.39 is 0 Å². The molecule has 2 aromatic heterocycles. The predicted octanol–water partition coefficient (Wildman–Crippen LogP) is 1.77. The summed E-state index contributed by atoms with van der Waals surface area (Å²) < 4.78 is 1.71. The van der Waals surface area contributed by atoms with E-state index in [0.29, 0.717) is 22.8 Å². The quantitative estimate of drug-likeness (QED) is 0.799. The van der Waals surface area contributed by atoms with E-state index >= 15 is 0 Å². The molecule has 1 fully saturated rings. The van der Waals surface area contributed by atoms with Gasteiger partial charge in [-0.05, 0) is 19.4 Å². The zero-order valence-electron chi connectivity index (χ0n) is 11.8. The number of nitrogens with zero attached hydrogens (tertiary/aromatic N) is 4. The van der Waals surface area contributed by atoms with Gasteiger partial charge in [0.05, 0.1) is 18.1 Å². The van der Waals surface area contributed by atoms with Crippen LogP contribution in [-0.2, 0) is 7.05 Å². The lowest BCUT2D eigenvalue weighted by Gasteiger charge is -2.24. The highest BCUT2D eigenvalue weighted by Gasteiger charge is 2.15. The summed E-state index contributed by atoms with van der Waals surface area (Å²) in [5.74, 6) is 1.16. The fraction of sp³-hybridized carbons (Fsp3) is 0.462. The Kier molecular flexibility index (Phi) is 4.21. The van der Waals surface area contributed by atoms with Crippen LogP contribution in [0.4, 0.5) is 17.5 Å². The smallest absolute Gasteiger partial charge is 0.229 e. The third kappa shape index (κ3) is 3.62. The molecule has 0 bridgehead atoms. The van der Waals surface area contributed by atoms with E-state index in [-0.39, 0.29) is 0 Å². The molecule has 21 heavy (non-hydrogen) atoms. The lowest BCUT2D eigenvalue weighted by atomic mass is 10.1. The van der Waals surface area contributed by atoms with Crippen molar-refractivity contribution in [3.05, 3.63) is 23.6 Å². The van der Waals surface area contributed by atoms with E-state index in [4.69, 9.17) is 11.6 Å². The molecule has 0 saturated carbocycles. The highest BCUT2D eigenvalue weighted by atomic mass is 35.5. The molecule has 7 nitrogen and oxygen atoms in total. The Hall–Kier alpha value is -1.86. The van der Waals surface area contributed by atoms with E-state index in [2.05, 4.69) is 31.0 Å². The summed E-state index contributed by atoms with van der Waals surface area (Å²) >= 11 is 6.17. The molecular weight excluding hydrogens is 290 g/mol. The van der Waals surface area contributed by atoms with Crippen molar-refractivity contribution in [2.45, 2.75) is 18.9 Å². The maximum Gasteiger partial charge on any atom is 0.229 e. The van der Waals surface area contributed by atoms with Gasteiger partial charge in [-0.25, -0.2) is 4.98 Å². The Labute approximate surface area is 128 Å². The second-order valence-corrected chi connectivity index (χ2v) is 5.51.